The molecule has 2 heterocycles. The van der Waals surface area contributed by atoms with Gasteiger partial charge in [0, 0.05) is 26.2 Å². The van der Waals surface area contributed by atoms with E-state index >= 15 is 0 Å². The largest absolute Gasteiger partial charge is 0.374 e. The zero-order valence-corrected chi connectivity index (χ0v) is 13.8. The van der Waals surface area contributed by atoms with E-state index in [0.717, 1.165) is 23.8 Å². The van der Waals surface area contributed by atoms with Crippen LogP contribution in [0, 0.1) is 22.0 Å². The molecular formula is C12H19N3O4S2. The Kier molecular flexibility index (Phi) is 4.54. The van der Waals surface area contributed by atoms with Crippen LogP contribution in [0.25, 0.3) is 0 Å². The van der Waals surface area contributed by atoms with Gasteiger partial charge in [-0.1, -0.05) is 25.2 Å². The van der Waals surface area contributed by atoms with Crippen LogP contribution in [0.15, 0.2) is 10.3 Å². The van der Waals surface area contributed by atoms with Crippen LogP contribution in [-0.4, -0.2) is 37.8 Å². The van der Waals surface area contributed by atoms with E-state index in [1.807, 2.05) is 13.8 Å². The van der Waals surface area contributed by atoms with Crippen LogP contribution >= 0.6 is 11.3 Å². The third-order valence-electron chi connectivity index (χ3n) is 3.54. The molecule has 2 rings (SSSR count). The molecule has 1 aromatic heterocycles. The molecule has 1 N–H and O–H groups in total. The lowest BCUT2D eigenvalue weighted by Gasteiger charge is -2.33. The fourth-order valence-corrected chi connectivity index (χ4v) is 5.85. The molecule has 0 aliphatic carbocycles. The first kappa shape index (κ1) is 16.2. The van der Waals surface area contributed by atoms with Crippen LogP contribution in [0.2, 0.25) is 0 Å². The second-order valence-electron chi connectivity index (χ2n) is 5.55. The van der Waals surface area contributed by atoms with Gasteiger partial charge in [-0.3, -0.25) is 10.1 Å². The molecule has 0 spiro atoms. The average Bonchev–Trinajstić information content (AvgIpc) is 2.82. The van der Waals surface area contributed by atoms with E-state index in [9.17, 15) is 18.5 Å². The second kappa shape index (κ2) is 5.90. The number of hydrogen-bond acceptors (Lipinski definition) is 6. The predicted octanol–water partition coefficient (Wildman–Crippen LogP) is 2.36. The molecule has 1 fully saturated rings. The highest BCUT2D eigenvalue weighted by Crippen LogP contribution is 2.38. The average molecular weight is 333 g/mol. The van der Waals surface area contributed by atoms with Gasteiger partial charge in [0.25, 0.3) is 10.0 Å². The van der Waals surface area contributed by atoms with Gasteiger partial charge < -0.3 is 5.32 Å². The Morgan fingerprint density at radius 2 is 1.95 bits per heavy atom. The summed E-state index contributed by atoms with van der Waals surface area (Å²) in [6, 6.07) is 1.15. The second-order valence-corrected chi connectivity index (χ2v) is 8.77. The Hall–Kier alpha value is -1.19. The zero-order chi connectivity index (χ0) is 15.8. The molecule has 21 heavy (non-hydrogen) atoms. The first-order chi connectivity index (χ1) is 9.75. The molecule has 1 aliphatic rings. The number of rotatable bonds is 4. The molecule has 1 aromatic rings. The quantitative estimate of drug-likeness (QED) is 0.674. The van der Waals surface area contributed by atoms with Crippen LogP contribution in [-0.2, 0) is 10.0 Å². The summed E-state index contributed by atoms with van der Waals surface area (Å²) in [5.41, 5.74) is -0.195. The first-order valence-electron chi connectivity index (χ1n) is 6.71. The molecule has 2 atom stereocenters. The number of thiophene rings is 1. The van der Waals surface area contributed by atoms with Crippen LogP contribution in [0.4, 0.5) is 10.7 Å². The van der Waals surface area contributed by atoms with Crippen molar-refractivity contribution in [2.24, 2.45) is 11.8 Å². The molecule has 9 heteroatoms. The highest BCUT2D eigenvalue weighted by molar-refractivity contribution is 7.91. The third-order valence-corrected chi connectivity index (χ3v) is 6.97. The van der Waals surface area contributed by atoms with Gasteiger partial charge in [-0.15, -0.1) is 0 Å². The molecule has 2 unspecified atom stereocenters. The molecule has 0 amide bonds. The van der Waals surface area contributed by atoms with Gasteiger partial charge in [-0.2, -0.15) is 4.31 Å². The third kappa shape index (κ3) is 3.19. The van der Waals surface area contributed by atoms with Crippen molar-refractivity contribution in [1.29, 1.82) is 0 Å². The predicted molar refractivity (Wildman–Crippen MR) is 82.2 cm³/mol. The van der Waals surface area contributed by atoms with Gasteiger partial charge in [0.1, 0.15) is 4.21 Å². The van der Waals surface area contributed by atoms with Gasteiger partial charge in [0.2, 0.25) is 0 Å². The van der Waals surface area contributed by atoms with Crippen LogP contribution in [0.1, 0.15) is 20.3 Å². The molecule has 1 saturated heterocycles. The van der Waals surface area contributed by atoms with E-state index in [2.05, 4.69) is 5.32 Å². The molecule has 1 aliphatic heterocycles. The molecule has 0 bridgehead atoms. The number of nitrogens with zero attached hydrogens (tertiary/aromatic N) is 2. The molecule has 0 aromatic carbocycles. The molecule has 0 saturated carbocycles. The minimum absolute atomic E-state index is 0.0276. The van der Waals surface area contributed by atoms with E-state index in [-0.39, 0.29) is 14.9 Å². The normalized spacial score (nSPS) is 24.0. The fraction of sp³-hybridized carbons (Fsp3) is 0.667. The van der Waals surface area contributed by atoms with Crippen molar-refractivity contribution in [3.63, 3.8) is 0 Å². The number of nitro groups is 1. The van der Waals surface area contributed by atoms with Crippen LogP contribution < -0.4 is 5.32 Å². The van der Waals surface area contributed by atoms with Crippen LogP contribution in [0.5, 0.6) is 0 Å². The summed E-state index contributed by atoms with van der Waals surface area (Å²) in [6.07, 6.45) is 0.998. The first-order valence-corrected chi connectivity index (χ1v) is 8.97. The van der Waals surface area contributed by atoms with E-state index in [1.54, 1.807) is 7.05 Å². The molecule has 0 radical (unpaired) electrons. The van der Waals surface area contributed by atoms with E-state index in [0.29, 0.717) is 24.9 Å². The smallest absolute Gasteiger partial charge is 0.304 e. The standard InChI is InChI=1S/C12H19N3O4S2/c1-8-4-9(2)7-14(6-8)21(18,19)11-5-10(15(16)17)12(13-3)20-11/h5,8-9,13H,4,6-7H2,1-3H3. The SMILES string of the molecule is CNc1sc(S(=O)(=O)N2CC(C)CC(C)C2)cc1[N+](=O)[O-]. The van der Waals surface area contributed by atoms with E-state index < -0.39 is 14.9 Å². The summed E-state index contributed by atoms with van der Waals surface area (Å²) in [4.78, 5) is 10.4. The molecule has 118 valence electrons. The number of sulfonamides is 1. The maximum atomic E-state index is 12.7. The Morgan fingerprint density at radius 3 is 2.38 bits per heavy atom. The maximum absolute atomic E-state index is 12.7. The number of hydrogen-bond donors (Lipinski definition) is 1. The van der Waals surface area contributed by atoms with E-state index in [1.165, 1.54) is 4.31 Å². The minimum Gasteiger partial charge on any atom is -0.374 e. The van der Waals surface area contributed by atoms with Gasteiger partial charge >= 0.3 is 5.69 Å². The topological polar surface area (TPSA) is 92.6 Å². The lowest BCUT2D eigenvalue weighted by atomic mass is 9.94. The summed E-state index contributed by atoms with van der Waals surface area (Å²) >= 11 is 0.908. The Balaban J connectivity index is 2.37. The van der Waals surface area contributed by atoms with Gasteiger partial charge in [0.05, 0.1) is 4.92 Å². The van der Waals surface area contributed by atoms with Crippen molar-refractivity contribution < 1.29 is 13.3 Å². The summed E-state index contributed by atoms with van der Waals surface area (Å²) in [7, 11) is -2.12. The Labute approximate surface area is 128 Å². The highest BCUT2D eigenvalue weighted by Gasteiger charge is 2.34. The van der Waals surface area contributed by atoms with Crippen molar-refractivity contribution in [3.05, 3.63) is 16.2 Å². The van der Waals surface area contributed by atoms with Crippen molar-refractivity contribution in [1.82, 2.24) is 4.31 Å². The minimum atomic E-state index is -3.67. The molecular weight excluding hydrogens is 314 g/mol. The number of nitrogens with one attached hydrogen (secondary N) is 1. The monoisotopic (exact) mass is 333 g/mol. The summed E-state index contributed by atoms with van der Waals surface area (Å²) in [6.45, 7) is 4.97. The fourth-order valence-electron chi connectivity index (χ4n) is 2.73. The van der Waals surface area contributed by atoms with Crippen molar-refractivity contribution in [2.45, 2.75) is 24.5 Å². The summed E-state index contributed by atoms with van der Waals surface area (Å²) in [5, 5.41) is 13.9. The Bertz CT molecular complexity index is 631. The highest BCUT2D eigenvalue weighted by atomic mass is 32.2. The molecule has 7 nitrogen and oxygen atoms in total. The lowest BCUT2D eigenvalue weighted by Crippen LogP contribution is -2.42. The van der Waals surface area contributed by atoms with Gasteiger partial charge in [0.15, 0.2) is 5.00 Å². The Morgan fingerprint density at radius 1 is 1.38 bits per heavy atom. The van der Waals surface area contributed by atoms with Crippen molar-refractivity contribution in [2.75, 3.05) is 25.5 Å². The van der Waals surface area contributed by atoms with Crippen molar-refractivity contribution in [3.8, 4) is 0 Å². The number of anilines is 1. The zero-order valence-electron chi connectivity index (χ0n) is 12.2. The lowest BCUT2D eigenvalue weighted by molar-refractivity contribution is -0.383. The van der Waals surface area contributed by atoms with Crippen molar-refractivity contribution >= 4 is 32.0 Å². The maximum Gasteiger partial charge on any atom is 0.304 e. The van der Waals surface area contributed by atoms with E-state index in [4.69, 9.17) is 0 Å². The summed E-state index contributed by atoms with van der Waals surface area (Å²) in [5.74, 6) is 0.587. The summed E-state index contributed by atoms with van der Waals surface area (Å²) < 4.78 is 26.8. The number of piperidine rings is 1. The van der Waals surface area contributed by atoms with Gasteiger partial charge in [-0.05, 0) is 18.3 Å². The van der Waals surface area contributed by atoms with Crippen LogP contribution in [0.3, 0.4) is 0 Å². The van der Waals surface area contributed by atoms with Gasteiger partial charge in [-0.25, -0.2) is 8.42 Å².